The second-order valence-corrected chi connectivity index (χ2v) is 9.13. The van der Waals surface area contributed by atoms with Crippen LogP contribution in [0.3, 0.4) is 0 Å². The number of aliphatic hydroxyl groups excluding tert-OH is 1. The molecule has 1 saturated heterocycles. The van der Waals surface area contributed by atoms with Gasteiger partial charge in [0.05, 0.1) is 32.4 Å². The SMILES string of the molecule is COCCCN1C(=O)C(=O)/C(=C(/O)c2ccc(OCC(C)C)cc2C)[C@H]1c1ccc(OC)c(OC)c1. The Balaban J connectivity index is 2.12. The monoisotopic (exact) mass is 497 g/mol. The van der Waals surface area contributed by atoms with Crippen LogP contribution in [0, 0.1) is 12.8 Å². The first-order valence-electron chi connectivity index (χ1n) is 12.0. The van der Waals surface area contributed by atoms with Crippen LogP contribution in [0.2, 0.25) is 0 Å². The van der Waals surface area contributed by atoms with Gasteiger partial charge in [0.2, 0.25) is 0 Å². The highest BCUT2D eigenvalue weighted by molar-refractivity contribution is 6.46. The minimum absolute atomic E-state index is 0.0311. The number of rotatable bonds is 11. The number of hydrogen-bond donors (Lipinski definition) is 1. The van der Waals surface area contributed by atoms with Crippen LogP contribution in [0.1, 0.15) is 43.0 Å². The van der Waals surface area contributed by atoms with Gasteiger partial charge in [0.25, 0.3) is 11.7 Å². The number of hydrogen-bond acceptors (Lipinski definition) is 7. The quantitative estimate of drug-likeness (QED) is 0.211. The van der Waals surface area contributed by atoms with Gasteiger partial charge in [-0.25, -0.2) is 0 Å². The van der Waals surface area contributed by atoms with Crippen molar-refractivity contribution in [3.05, 3.63) is 58.7 Å². The number of amides is 1. The van der Waals surface area contributed by atoms with Crippen LogP contribution in [-0.2, 0) is 14.3 Å². The number of nitrogens with zero attached hydrogens (tertiary/aromatic N) is 1. The number of aliphatic hydroxyl groups is 1. The van der Waals surface area contributed by atoms with Crippen molar-refractivity contribution in [3.63, 3.8) is 0 Å². The first-order chi connectivity index (χ1) is 17.2. The lowest BCUT2D eigenvalue weighted by molar-refractivity contribution is -0.140. The molecule has 3 rings (SSSR count). The Morgan fingerprint density at radius 3 is 2.36 bits per heavy atom. The molecule has 0 saturated carbocycles. The lowest BCUT2D eigenvalue weighted by Gasteiger charge is -2.26. The third-order valence-corrected chi connectivity index (χ3v) is 6.05. The molecule has 1 amide bonds. The van der Waals surface area contributed by atoms with Crippen molar-refractivity contribution in [2.75, 3.05) is 41.1 Å². The molecular weight excluding hydrogens is 462 g/mol. The van der Waals surface area contributed by atoms with E-state index in [0.717, 1.165) is 5.56 Å². The summed E-state index contributed by atoms with van der Waals surface area (Å²) in [6.45, 7) is 7.24. The molecule has 0 radical (unpaired) electrons. The number of ketones is 1. The van der Waals surface area contributed by atoms with Crippen LogP contribution in [-0.4, -0.2) is 62.8 Å². The van der Waals surface area contributed by atoms with Crippen LogP contribution in [0.25, 0.3) is 5.76 Å². The molecule has 0 aromatic heterocycles. The van der Waals surface area contributed by atoms with Crippen molar-refractivity contribution in [3.8, 4) is 17.2 Å². The molecule has 2 aromatic carbocycles. The summed E-state index contributed by atoms with van der Waals surface area (Å²) < 4.78 is 21.7. The van der Waals surface area contributed by atoms with Crippen molar-refractivity contribution in [1.29, 1.82) is 0 Å². The molecule has 1 heterocycles. The standard InChI is InChI=1S/C28H35NO7/c1-17(2)16-36-20-9-10-21(18(3)14-20)26(30)24-25(19-8-11-22(34-5)23(15-19)35-6)29(12-7-13-33-4)28(32)27(24)31/h8-11,14-15,17,25,30H,7,12-13,16H2,1-6H3/b26-24+/t25-/m1/s1. The van der Waals surface area contributed by atoms with Crippen molar-refractivity contribution in [2.24, 2.45) is 5.92 Å². The molecular formula is C28H35NO7. The third kappa shape index (κ3) is 5.65. The van der Waals surface area contributed by atoms with E-state index in [4.69, 9.17) is 18.9 Å². The summed E-state index contributed by atoms with van der Waals surface area (Å²) in [7, 11) is 4.63. The lowest BCUT2D eigenvalue weighted by atomic mass is 9.93. The fraction of sp³-hybridized carbons (Fsp3) is 0.429. The zero-order valence-electron chi connectivity index (χ0n) is 21.8. The summed E-state index contributed by atoms with van der Waals surface area (Å²) in [6, 6.07) is 9.70. The Labute approximate surface area is 212 Å². The predicted octanol–water partition coefficient (Wildman–Crippen LogP) is 4.51. The molecule has 0 spiro atoms. The molecule has 36 heavy (non-hydrogen) atoms. The predicted molar refractivity (Wildman–Crippen MR) is 137 cm³/mol. The van der Waals surface area contributed by atoms with Crippen molar-refractivity contribution in [2.45, 2.75) is 33.2 Å². The first kappa shape index (κ1) is 27.1. The molecule has 194 valence electrons. The Bertz CT molecular complexity index is 1140. The Morgan fingerprint density at radius 1 is 1.03 bits per heavy atom. The molecule has 1 aliphatic rings. The molecule has 1 atom stereocenters. The number of carbonyl (C=O) groups is 2. The fourth-order valence-electron chi connectivity index (χ4n) is 4.26. The highest BCUT2D eigenvalue weighted by Gasteiger charge is 2.46. The van der Waals surface area contributed by atoms with Gasteiger partial charge in [-0.05, 0) is 60.7 Å². The van der Waals surface area contributed by atoms with E-state index < -0.39 is 17.7 Å². The fourth-order valence-corrected chi connectivity index (χ4v) is 4.26. The van der Waals surface area contributed by atoms with Gasteiger partial charge in [-0.2, -0.15) is 0 Å². The van der Waals surface area contributed by atoms with E-state index in [-0.39, 0.29) is 17.9 Å². The highest BCUT2D eigenvalue weighted by atomic mass is 16.5. The maximum atomic E-state index is 13.3. The van der Waals surface area contributed by atoms with E-state index in [1.54, 1.807) is 37.4 Å². The molecule has 0 unspecified atom stereocenters. The number of methoxy groups -OCH3 is 3. The number of ether oxygens (including phenoxy) is 4. The number of benzene rings is 2. The second kappa shape index (κ2) is 11.9. The molecule has 0 aliphatic carbocycles. The largest absolute Gasteiger partial charge is 0.507 e. The topological polar surface area (TPSA) is 94.5 Å². The maximum absolute atomic E-state index is 13.3. The van der Waals surface area contributed by atoms with Gasteiger partial charge < -0.3 is 29.0 Å². The van der Waals surface area contributed by atoms with Gasteiger partial charge in [-0.1, -0.05) is 19.9 Å². The molecule has 8 heteroatoms. The molecule has 2 aromatic rings. The van der Waals surface area contributed by atoms with Crippen LogP contribution < -0.4 is 14.2 Å². The highest BCUT2D eigenvalue weighted by Crippen LogP contribution is 2.42. The Morgan fingerprint density at radius 2 is 1.75 bits per heavy atom. The maximum Gasteiger partial charge on any atom is 0.295 e. The zero-order chi connectivity index (χ0) is 26.4. The van der Waals surface area contributed by atoms with E-state index >= 15 is 0 Å². The zero-order valence-corrected chi connectivity index (χ0v) is 21.8. The van der Waals surface area contributed by atoms with E-state index in [1.807, 2.05) is 13.0 Å². The van der Waals surface area contributed by atoms with Gasteiger partial charge in [0.1, 0.15) is 11.5 Å². The summed E-state index contributed by atoms with van der Waals surface area (Å²) in [5.41, 5.74) is 1.85. The van der Waals surface area contributed by atoms with Crippen molar-refractivity contribution < 1.29 is 33.6 Å². The minimum atomic E-state index is -0.794. The Hall–Kier alpha value is -3.52. The summed E-state index contributed by atoms with van der Waals surface area (Å²) in [6.07, 6.45) is 0.536. The molecule has 8 nitrogen and oxygen atoms in total. The average molecular weight is 498 g/mol. The summed E-state index contributed by atoms with van der Waals surface area (Å²) in [4.78, 5) is 27.8. The van der Waals surface area contributed by atoms with Crippen LogP contribution in [0.4, 0.5) is 0 Å². The van der Waals surface area contributed by atoms with Gasteiger partial charge in [0, 0.05) is 25.8 Å². The van der Waals surface area contributed by atoms with Gasteiger partial charge >= 0.3 is 0 Å². The van der Waals surface area contributed by atoms with Crippen LogP contribution in [0.15, 0.2) is 42.0 Å². The van der Waals surface area contributed by atoms with Crippen molar-refractivity contribution in [1.82, 2.24) is 4.90 Å². The second-order valence-electron chi connectivity index (χ2n) is 9.13. The van der Waals surface area contributed by atoms with E-state index in [2.05, 4.69) is 13.8 Å². The number of carbonyl (C=O) groups excluding carboxylic acids is 2. The summed E-state index contributed by atoms with van der Waals surface area (Å²) in [5.74, 6) is 0.399. The van der Waals surface area contributed by atoms with Crippen molar-refractivity contribution >= 4 is 17.4 Å². The first-order valence-corrected chi connectivity index (χ1v) is 12.0. The minimum Gasteiger partial charge on any atom is -0.507 e. The molecule has 1 aliphatic heterocycles. The summed E-state index contributed by atoms with van der Waals surface area (Å²) >= 11 is 0. The normalized spacial score (nSPS) is 17.1. The average Bonchev–Trinajstić information content (AvgIpc) is 3.11. The third-order valence-electron chi connectivity index (χ3n) is 6.05. The number of Topliss-reactive ketones (excluding diaryl/α,β-unsaturated/α-hetero) is 1. The number of likely N-dealkylation sites (tertiary alicyclic amines) is 1. The molecule has 0 bridgehead atoms. The van der Waals surface area contributed by atoms with Gasteiger partial charge in [-0.3, -0.25) is 9.59 Å². The van der Waals surface area contributed by atoms with Crippen LogP contribution >= 0.6 is 0 Å². The lowest BCUT2D eigenvalue weighted by Crippen LogP contribution is -2.31. The van der Waals surface area contributed by atoms with E-state index in [1.165, 1.54) is 19.1 Å². The number of aryl methyl sites for hydroxylation is 1. The smallest absolute Gasteiger partial charge is 0.295 e. The van der Waals surface area contributed by atoms with Gasteiger partial charge in [-0.15, -0.1) is 0 Å². The van der Waals surface area contributed by atoms with E-state index in [9.17, 15) is 14.7 Å². The van der Waals surface area contributed by atoms with E-state index in [0.29, 0.717) is 53.9 Å². The van der Waals surface area contributed by atoms with Crippen LogP contribution in [0.5, 0.6) is 17.2 Å². The molecule has 1 fully saturated rings. The molecule has 1 N–H and O–H groups in total. The van der Waals surface area contributed by atoms with Gasteiger partial charge in [0.15, 0.2) is 11.5 Å². The Kier molecular flexibility index (Phi) is 8.98. The summed E-state index contributed by atoms with van der Waals surface area (Å²) in [5, 5.41) is 11.4.